The molecule has 1 saturated carbocycles. The van der Waals surface area contributed by atoms with Gasteiger partial charge in [-0.3, -0.25) is 4.79 Å². The van der Waals surface area contributed by atoms with Crippen LogP contribution in [0.4, 0.5) is 0 Å². The van der Waals surface area contributed by atoms with Crippen molar-refractivity contribution >= 4 is 17.1 Å². The van der Waals surface area contributed by atoms with Gasteiger partial charge in [-0.2, -0.15) is 0 Å². The van der Waals surface area contributed by atoms with E-state index in [0.717, 1.165) is 31.6 Å². The number of nitrogens with two attached hydrogens (primary N) is 1. The van der Waals surface area contributed by atoms with Crippen LogP contribution in [-0.2, 0) is 11.2 Å². The van der Waals surface area contributed by atoms with Crippen molar-refractivity contribution in [2.45, 2.75) is 39.0 Å². The Kier molecular flexibility index (Phi) is 4.00. The van der Waals surface area contributed by atoms with Gasteiger partial charge in [0.25, 0.3) is 0 Å². The van der Waals surface area contributed by atoms with Gasteiger partial charge in [0, 0.05) is 23.3 Å². The first-order valence-corrected chi connectivity index (χ1v) is 7.30. The molecule has 0 aliphatic heterocycles. The highest BCUT2D eigenvalue weighted by molar-refractivity contribution is 7.10. The SMILES string of the molecule is CC1CCC(CN)(C(=O)Cc2cccs2)CC1. The number of thiophene rings is 1. The number of carbonyl (C=O) groups excluding carboxylic acids is 1. The number of hydrogen-bond donors (Lipinski definition) is 1. The van der Waals surface area contributed by atoms with E-state index in [2.05, 4.69) is 6.92 Å². The fraction of sp³-hybridized carbons (Fsp3) is 0.643. The van der Waals surface area contributed by atoms with Crippen LogP contribution in [-0.4, -0.2) is 12.3 Å². The minimum absolute atomic E-state index is 0.226. The first kappa shape index (κ1) is 12.8. The standard InChI is InChI=1S/C14H21NOS/c1-11-4-6-14(10-15,7-5-11)13(16)9-12-3-2-8-17-12/h2-3,8,11H,4-7,9-10,15H2,1H3. The van der Waals surface area contributed by atoms with Crippen LogP contribution >= 0.6 is 11.3 Å². The highest BCUT2D eigenvalue weighted by Crippen LogP contribution is 2.39. The van der Waals surface area contributed by atoms with Gasteiger partial charge >= 0.3 is 0 Å². The van der Waals surface area contributed by atoms with E-state index in [9.17, 15) is 4.79 Å². The molecular weight excluding hydrogens is 230 g/mol. The molecule has 0 aromatic carbocycles. The molecule has 2 N–H and O–H groups in total. The predicted octanol–water partition coefficient (Wildman–Crippen LogP) is 3.01. The summed E-state index contributed by atoms with van der Waals surface area (Å²) >= 11 is 1.66. The maximum Gasteiger partial charge on any atom is 0.145 e. The van der Waals surface area contributed by atoms with Crippen molar-refractivity contribution in [1.29, 1.82) is 0 Å². The molecule has 1 aliphatic carbocycles. The Bertz CT molecular complexity index is 364. The summed E-state index contributed by atoms with van der Waals surface area (Å²) in [5, 5.41) is 2.03. The molecule has 94 valence electrons. The van der Waals surface area contributed by atoms with E-state index >= 15 is 0 Å². The Morgan fingerprint density at radius 3 is 2.76 bits per heavy atom. The summed E-state index contributed by atoms with van der Waals surface area (Å²) < 4.78 is 0. The van der Waals surface area contributed by atoms with Crippen molar-refractivity contribution in [3.05, 3.63) is 22.4 Å². The summed E-state index contributed by atoms with van der Waals surface area (Å²) in [6.45, 7) is 2.79. The summed E-state index contributed by atoms with van der Waals surface area (Å²) in [6.07, 6.45) is 4.83. The average molecular weight is 251 g/mol. The molecule has 0 atom stereocenters. The van der Waals surface area contributed by atoms with Gasteiger partial charge < -0.3 is 5.73 Å². The molecule has 0 bridgehead atoms. The lowest BCUT2D eigenvalue weighted by molar-refractivity contribution is -0.129. The van der Waals surface area contributed by atoms with E-state index in [4.69, 9.17) is 5.73 Å². The van der Waals surface area contributed by atoms with E-state index in [1.807, 2.05) is 17.5 Å². The van der Waals surface area contributed by atoms with Gasteiger partial charge in [0.15, 0.2) is 0 Å². The van der Waals surface area contributed by atoms with Gasteiger partial charge in [0.2, 0.25) is 0 Å². The quantitative estimate of drug-likeness (QED) is 0.894. The summed E-state index contributed by atoms with van der Waals surface area (Å²) in [4.78, 5) is 13.6. The van der Waals surface area contributed by atoms with Crippen LogP contribution in [0.2, 0.25) is 0 Å². The van der Waals surface area contributed by atoms with Crippen LogP contribution in [0.3, 0.4) is 0 Å². The van der Waals surface area contributed by atoms with Crippen LogP contribution in [0, 0.1) is 11.3 Å². The molecule has 0 saturated heterocycles. The van der Waals surface area contributed by atoms with E-state index in [1.54, 1.807) is 11.3 Å². The molecule has 0 radical (unpaired) electrons. The lowest BCUT2D eigenvalue weighted by Crippen LogP contribution is -2.42. The number of Topliss-reactive ketones (excluding diaryl/α,β-unsaturated/α-hetero) is 1. The Morgan fingerprint density at radius 1 is 1.53 bits per heavy atom. The third-order valence-corrected chi connectivity index (χ3v) is 5.00. The monoisotopic (exact) mass is 251 g/mol. The minimum atomic E-state index is -0.226. The van der Waals surface area contributed by atoms with Crippen molar-refractivity contribution in [3.8, 4) is 0 Å². The van der Waals surface area contributed by atoms with Crippen LogP contribution in [0.5, 0.6) is 0 Å². The van der Waals surface area contributed by atoms with Gasteiger partial charge in [-0.25, -0.2) is 0 Å². The first-order valence-electron chi connectivity index (χ1n) is 6.42. The Morgan fingerprint density at radius 2 is 2.24 bits per heavy atom. The highest BCUT2D eigenvalue weighted by atomic mass is 32.1. The maximum atomic E-state index is 12.5. The molecule has 1 aromatic heterocycles. The van der Waals surface area contributed by atoms with E-state index in [-0.39, 0.29) is 5.41 Å². The van der Waals surface area contributed by atoms with Crippen LogP contribution in [0.1, 0.15) is 37.5 Å². The van der Waals surface area contributed by atoms with E-state index in [1.165, 1.54) is 4.88 Å². The van der Waals surface area contributed by atoms with Crippen molar-refractivity contribution in [2.75, 3.05) is 6.54 Å². The topological polar surface area (TPSA) is 43.1 Å². The minimum Gasteiger partial charge on any atom is -0.329 e. The number of rotatable bonds is 4. The zero-order valence-electron chi connectivity index (χ0n) is 10.4. The van der Waals surface area contributed by atoms with Crippen LogP contribution in [0.25, 0.3) is 0 Å². The second-order valence-electron chi connectivity index (χ2n) is 5.35. The summed E-state index contributed by atoms with van der Waals surface area (Å²) in [7, 11) is 0. The van der Waals surface area contributed by atoms with Crippen molar-refractivity contribution in [3.63, 3.8) is 0 Å². The molecule has 0 amide bonds. The zero-order valence-corrected chi connectivity index (χ0v) is 11.3. The molecule has 1 fully saturated rings. The molecule has 3 heteroatoms. The molecule has 2 nitrogen and oxygen atoms in total. The summed E-state index contributed by atoms with van der Waals surface area (Å²) in [5.41, 5.74) is 5.67. The van der Waals surface area contributed by atoms with Gasteiger partial charge in [-0.15, -0.1) is 11.3 Å². The Labute approximate surface area is 107 Å². The molecular formula is C14H21NOS. The Hall–Kier alpha value is -0.670. The molecule has 0 unspecified atom stereocenters. The van der Waals surface area contributed by atoms with Crippen LogP contribution in [0.15, 0.2) is 17.5 Å². The fourth-order valence-electron chi connectivity index (χ4n) is 2.67. The number of ketones is 1. The Balaban J connectivity index is 2.05. The molecule has 1 aromatic rings. The lowest BCUT2D eigenvalue weighted by Gasteiger charge is -2.37. The van der Waals surface area contributed by atoms with E-state index in [0.29, 0.717) is 18.7 Å². The molecule has 0 spiro atoms. The second-order valence-corrected chi connectivity index (χ2v) is 6.38. The van der Waals surface area contributed by atoms with Gasteiger partial charge in [-0.1, -0.05) is 13.0 Å². The van der Waals surface area contributed by atoms with Gasteiger partial charge in [0.05, 0.1) is 0 Å². The molecule has 2 rings (SSSR count). The lowest BCUT2D eigenvalue weighted by atomic mass is 9.67. The maximum absolute atomic E-state index is 12.5. The van der Waals surface area contributed by atoms with E-state index < -0.39 is 0 Å². The van der Waals surface area contributed by atoms with Crippen molar-refractivity contribution < 1.29 is 4.79 Å². The average Bonchev–Trinajstić information content (AvgIpc) is 2.83. The van der Waals surface area contributed by atoms with Gasteiger partial charge in [0.1, 0.15) is 5.78 Å². The molecule has 1 aliphatic rings. The summed E-state index contributed by atoms with van der Waals surface area (Å²) in [6, 6.07) is 4.05. The third kappa shape index (κ3) is 2.78. The smallest absolute Gasteiger partial charge is 0.145 e. The normalized spacial score (nSPS) is 29.2. The highest BCUT2D eigenvalue weighted by Gasteiger charge is 2.39. The molecule has 17 heavy (non-hydrogen) atoms. The first-order chi connectivity index (χ1) is 8.16. The number of hydrogen-bond acceptors (Lipinski definition) is 3. The number of carbonyl (C=O) groups is 1. The third-order valence-electron chi connectivity index (χ3n) is 4.13. The fourth-order valence-corrected chi connectivity index (χ4v) is 3.37. The van der Waals surface area contributed by atoms with Crippen LogP contribution < -0.4 is 5.73 Å². The van der Waals surface area contributed by atoms with Crippen molar-refractivity contribution in [2.24, 2.45) is 17.1 Å². The zero-order chi connectivity index (χ0) is 12.3. The largest absolute Gasteiger partial charge is 0.329 e. The summed E-state index contributed by atoms with van der Waals surface area (Å²) in [5.74, 6) is 1.11. The molecule has 1 heterocycles. The van der Waals surface area contributed by atoms with Crippen molar-refractivity contribution in [1.82, 2.24) is 0 Å². The van der Waals surface area contributed by atoms with Gasteiger partial charge in [-0.05, 0) is 43.0 Å². The second kappa shape index (κ2) is 5.32. The predicted molar refractivity (Wildman–Crippen MR) is 72.1 cm³/mol.